The highest BCUT2D eigenvalue weighted by Gasteiger charge is 2.41. The number of methoxy groups -OCH3 is 1. The molecule has 3 heterocycles. The number of aromatic nitrogens is 4. The van der Waals surface area contributed by atoms with Crippen molar-refractivity contribution >= 4 is 17.6 Å². The maximum atomic E-state index is 13.6. The van der Waals surface area contributed by atoms with Crippen molar-refractivity contribution in [2.45, 2.75) is 46.0 Å². The molecule has 0 radical (unpaired) electrons. The fraction of sp³-hybridized carbons (Fsp3) is 0.258. The van der Waals surface area contributed by atoms with E-state index in [9.17, 15) is 28.0 Å². The zero-order valence-corrected chi connectivity index (χ0v) is 23.9. The first kappa shape index (κ1) is 29.3. The van der Waals surface area contributed by atoms with Crippen LogP contribution >= 0.6 is 0 Å². The van der Waals surface area contributed by atoms with E-state index in [1.54, 1.807) is 25.1 Å². The van der Waals surface area contributed by atoms with E-state index in [0.29, 0.717) is 29.7 Å². The molecule has 9 nitrogen and oxygen atoms in total. The second-order valence-corrected chi connectivity index (χ2v) is 10.4. The van der Waals surface area contributed by atoms with Gasteiger partial charge in [0.15, 0.2) is 18.9 Å². The number of nitrogens with zero attached hydrogens (tertiary/aromatic N) is 5. The van der Waals surface area contributed by atoms with Gasteiger partial charge < -0.3 is 4.74 Å². The third kappa shape index (κ3) is 5.53. The summed E-state index contributed by atoms with van der Waals surface area (Å²) in [5.74, 6) is -0.768. The first-order valence-electron chi connectivity index (χ1n) is 13.4. The molecular formula is C31H28F3N6O3+. The van der Waals surface area contributed by atoms with Crippen molar-refractivity contribution in [3.8, 4) is 6.07 Å². The predicted molar refractivity (Wildman–Crippen MR) is 150 cm³/mol. The highest BCUT2D eigenvalue weighted by Crippen LogP contribution is 2.43. The monoisotopic (exact) mass is 589 g/mol. The molecule has 1 aliphatic heterocycles. The number of aromatic amines is 1. The van der Waals surface area contributed by atoms with Gasteiger partial charge in [0, 0.05) is 28.9 Å². The van der Waals surface area contributed by atoms with E-state index < -0.39 is 29.4 Å². The Labute approximate surface area is 245 Å². The Kier molecular flexibility index (Phi) is 7.67. The van der Waals surface area contributed by atoms with Crippen molar-refractivity contribution in [2.24, 2.45) is 0 Å². The summed E-state index contributed by atoms with van der Waals surface area (Å²) in [5, 5.41) is 16.2. The number of carbonyl (C=O) groups is 1. The lowest BCUT2D eigenvalue weighted by atomic mass is 9.89. The molecule has 0 spiro atoms. The maximum absolute atomic E-state index is 13.6. The number of pyridine rings is 1. The third-order valence-corrected chi connectivity index (χ3v) is 7.38. The number of aryl methyl sites for hydroxylation is 4. The standard InChI is InChI=1S/C31H27F3N6O3/c1-18-12-19(2)17-38(16-18)11-10-22-13-21(15-35)8-9-25(22)27-26(28(41)43-4)20(3)39(29-36-37-30(42)40(27)29)24-7-5-6-23(14-24)31(32,33)34/h5-9,12-14,16-17,27H,10-11H2,1-4H3/p+1/t27-/m1/s1. The van der Waals surface area contributed by atoms with Crippen molar-refractivity contribution < 1.29 is 27.3 Å². The first-order valence-corrected chi connectivity index (χ1v) is 13.4. The highest BCUT2D eigenvalue weighted by atomic mass is 19.4. The lowest BCUT2D eigenvalue weighted by Gasteiger charge is -2.36. The van der Waals surface area contributed by atoms with E-state index in [-0.39, 0.29) is 22.9 Å². The molecule has 1 N–H and O–H groups in total. The van der Waals surface area contributed by atoms with Crippen LogP contribution in [0.1, 0.15) is 46.3 Å². The summed E-state index contributed by atoms with van der Waals surface area (Å²) in [6.45, 7) is 6.09. The van der Waals surface area contributed by atoms with Crippen LogP contribution in [0.4, 0.5) is 24.8 Å². The summed E-state index contributed by atoms with van der Waals surface area (Å²) in [7, 11) is 1.19. The van der Waals surface area contributed by atoms with Gasteiger partial charge >= 0.3 is 17.8 Å². The van der Waals surface area contributed by atoms with Crippen LogP contribution in [0.5, 0.6) is 0 Å². The molecule has 43 heavy (non-hydrogen) atoms. The molecule has 0 saturated heterocycles. The number of anilines is 2. The molecule has 2 aromatic carbocycles. The van der Waals surface area contributed by atoms with Crippen LogP contribution in [0.3, 0.4) is 0 Å². The number of alkyl halides is 3. The minimum atomic E-state index is -4.62. The Balaban J connectivity index is 1.71. The van der Waals surface area contributed by atoms with Crippen LogP contribution in [0.25, 0.3) is 0 Å². The number of allylic oxidation sites excluding steroid dienone is 1. The van der Waals surface area contributed by atoms with Crippen molar-refractivity contribution in [3.05, 3.63) is 116 Å². The lowest BCUT2D eigenvalue weighted by Crippen LogP contribution is -2.38. The van der Waals surface area contributed by atoms with Crippen molar-refractivity contribution in [3.63, 3.8) is 0 Å². The maximum Gasteiger partial charge on any atom is 0.416 e. The number of hydrogen-bond donors (Lipinski definition) is 1. The zero-order valence-electron chi connectivity index (χ0n) is 23.9. The summed E-state index contributed by atoms with van der Waals surface area (Å²) >= 11 is 0. The molecule has 1 aliphatic rings. The van der Waals surface area contributed by atoms with Crippen LogP contribution in [-0.4, -0.2) is 27.8 Å². The van der Waals surface area contributed by atoms with Gasteiger partial charge in [0.05, 0.1) is 29.9 Å². The zero-order chi connectivity index (χ0) is 31.1. The van der Waals surface area contributed by atoms with Crippen molar-refractivity contribution in [1.82, 2.24) is 14.8 Å². The number of hydrogen-bond acceptors (Lipinski definition) is 6. The number of fused-ring (bicyclic) bond motifs is 1. The Morgan fingerprint density at radius 3 is 2.49 bits per heavy atom. The van der Waals surface area contributed by atoms with Gasteiger partial charge in [0.25, 0.3) is 0 Å². The van der Waals surface area contributed by atoms with Crippen LogP contribution in [0.15, 0.2) is 77.0 Å². The van der Waals surface area contributed by atoms with Gasteiger partial charge in [-0.25, -0.2) is 23.8 Å². The van der Waals surface area contributed by atoms with E-state index in [1.165, 1.54) is 28.7 Å². The van der Waals surface area contributed by atoms with Gasteiger partial charge in [-0.3, -0.25) is 4.90 Å². The van der Waals surface area contributed by atoms with Crippen LogP contribution in [-0.2, 0) is 28.7 Å². The SMILES string of the molecule is COC(=O)C1=C(C)N(c2cccc(C(F)(F)F)c2)c2n[nH]c(=O)n2[C@@H]1c1ccc(C#N)cc1CC[n+]1cc(C)cc(C)c1. The Morgan fingerprint density at radius 2 is 1.84 bits per heavy atom. The van der Waals surface area contributed by atoms with E-state index in [0.717, 1.165) is 23.3 Å². The predicted octanol–water partition coefficient (Wildman–Crippen LogP) is 4.80. The average Bonchev–Trinajstić information content (AvgIpc) is 3.34. The van der Waals surface area contributed by atoms with Crippen LogP contribution < -0.4 is 15.2 Å². The number of halogens is 3. The highest BCUT2D eigenvalue weighted by molar-refractivity contribution is 5.93. The summed E-state index contributed by atoms with van der Waals surface area (Å²) in [5.41, 5.74) is 2.57. The first-order chi connectivity index (χ1) is 20.4. The van der Waals surface area contributed by atoms with E-state index in [2.05, 4.69) is 22.3 Å². The van der Waals surface area contributed by atoms with Crippen LogP contribution in [0.2, 0.25) is 0 Å². The fourth-order valence-electron chi connectivity index (χ4n) is 5.61. The van der Waals surface area contributed by atoms with Gasteiger partial charge in [-0.15, -0.1) is 5.10 Å². The molecule has 4 aromatic rings. The second kappa shape index (κ2) is 11.2. The van der Waals surface area contributed by atoms with Crippen LogP contribution in [0, 0.1) is 25.2 Å². The number of H-pyrrole nitrogens is 1. The normalized spacial score (nSPS) is 14.8. The summed E-state index contributed by atoms with van der Waals surface area (Å²) in [4.78, 5) is 28.0. The smallest absolute Gasteiger partial charge is 0.416 e. The Morgan fingerprint density at radius 1 is 1.12 bits per heavy atom. The minimum Gasteiger partial charge on any atom is -0.466 e. The van der Waals surface area contributed by atoms with Gasteiger partial charge in [-0.05, 0) is 68.3 Å². The third-order valence-electron chi connectivity index (χ3n) is 7.38. The number of ether oxygens (including phenoxy) is 1. The summed E-state index contributed by atoms with van der Waals surface area (Å²) < 4.78 is 49.2. The fourth-order valence-corrected chi connectivity index (χ4v) is 5.61. The molecule has 12 heteroatoms. The Bertz CT molecular complexity index is 1850. The van der Waals surface area contributed by atoms with Gasteiger partial charge in [-0.2, -0.15) is 18.4 Å². The molecule has 220 valence electrons. The minimum absolute atomic E-state index is 0.00142. The number of benzene rings is 2. The number of carbonyl (C=O) groups excluding carboxylic acids is 1. The lowest BCUT2D eigenvalue weighted by molar-refractivity contribution is -0.697. The second-order valence-electron chi connectivity index (χ2n) is 10.4. The quantitative estimate of drug-likeness (QED) is 0.256. The largest absolute Gasteiger partial charge is 0.466 e. The number of nitriles is 1. The van der Waals surface area contributed by atoms with Gasteiger partial charge in [0.2, 0.25) is 5.95 Å². The molecular weight excluding hydrogens is 561 g/mol. The van der Waals surface area contributed by atoms with Crippen molar-refractivity contribution in [1.29, 1.82) is 5.26 Å². The number of nitrogens with one attached hydrogen (secondary N) is 1. The molecule has 5 rings (SSSR count). The van der Waals surface area contributed by atoms with Gasteiger partial charge in [-0.1, -0.05) is 12.1 Å². The number of esters is 1. The topological polar surface area (TPSA) is 108 Å². The summed E-state index contributed by atoms with van der Waals surface area (Å²) in [6.07, 6.45) is -0.177. The molecule has 0 amide bonds. The molecule has 2 aromatic heterocycles. The van der Waals surface area contributed by atoms with E-state index >= 15 is 0 Å². The number of rotatable bonds is 6. The summed E-state index contributed by atoms with van der Waals surface area (Å²) in [6, 6.07) is 12.7. The molecule has 0 saturated carbocycles. The molecule has 0 aliphatic carbocycles. The molecule has 0 bridgehead atoms. The molecule has 0 fully saturated rings. The Hall–Kier alpha value is -5.18. The molecule has 1 atom stereocenters. The van der Waals surface area contributed by atoms with E-state index in [4.69, 9.17) is 4.74 Å². The van der Waals surface area contributed by atoms with Crippen molar-refractivity contribution in [2.75, 3.05) is 12.0 Å². The molecule has 0 unspecified atom stereocenters. The average molecular weight is 590 g/mol. The van der Waals surface area contributed by atoms with E-state index in [1.807, 2.05) is 30.8 Å². The van der Waals surface area contributed by atoms with Gasteiger partial charge in [0.1, 0.15) is 6.04 Å².